The van der Waals surface area contributed by atoms with Crippen LogP contribution in [0.3, 0.4) is 0 Å². The van der Waals surface area contributed by atoms with Gasteiger partial charge in [-0.1, -0.05) is 6.08 Å². The van der Waals surface area contributed by atoms with Crippen molar-refractivity contribution in [1.82, 2.24) is 5.32 Å². The van der Waals surface area contributed by atoms with Crippen LogP contribution in [0.4, 0.5) is 0 Å². The van der Waals surface area contributed by atoms with Crippen molar-refractivity contribution in [2.45, 2.75) is 19.4 Å². The Morgan fingerprint density at radius 3 is 3.00 bits per heavy atom. The van der Waals surface area contributed by atoms with Crippen LogP contribution < -0.4 is 5.32 Å². The summed E-state index contributed by atoms with van der Waals surface area (Å²) in [6.07, 6.45) is 2.76. The summed E-state index contributed by atoms with van der Waals surface area (Å²) in [5.41, 5.74) is 0. The Hall–Kier alpha value is -0.810. The van der Waals surface area contributed by atoms with Gasteiger partial charge in [-0.2, -0.15) is 5.26 Å². The monoisotopic (exact) mass is 124 g/mol. The van der Waals surface area contributed by atoms with E-state index in [2.05, 4.69) is 11.9 Å². The van der Waals surface area contributed by atoms with Crippen LogP contribution in [0.5, 0.6) is 0 Å². The molecule has 0 aromatic heterocycles. The summed E-state index contributed by atoms with van der Waals surface area (Å²) in [6.45, 7) is 6.04. The molecule has 0 bridgehead atoms. The zero-order valence-corrected chi connectivity index (χ0v) is 5.72. The lowest BCUT2D eigenvalue weighted by atomic mass is 10.2. The highest BCUT2D eigenvalue weighted by Gasteiger charge is 1.93. The van der Waals surface area contributed by atoms with Crippen LogP contribution >= 0.6 is 0 Å². The molecule has 0 spiro atoms. The van der Waals surface area contributed by atoms with Gasteiger partial charge in [0.05, 0.1) is 12.6 Å². The maximum Gasteiger partial charge on any atom is 0.0843 e. The predicted octanol–water partition coefficient (Wildman–Crippen LogP) is 1.06. The van der Waals surface area contributed by atoms with E-state index < -0.39 is 0 Å². The van der Waals surface area contributed by atoms with Crippen LogP contribution in [0.1, 0.15) is 13.3 Å². The first-order chi connectivity index (χ1) is 4.31. The molecule has 0 aromatic carbocycles. The number of nitrogens with one attached hydrogen (secondary N) is 1. The van der Waals surface area contributed by atoms with Crippen LogP contribution in [-0.2, 0) is 0 Å². The molecule has 9 heavy (non-hydrogen) atoms. The molecule has 0 aliphatic carbocycles. The van der Waals surface area contributed by atoms with E-state index in [-0.39, 0.29) is 0 Å². The van der Waals surface area contributed by atoms with E-state index in [4.69, 9.17) is 5.26 Å². The largest absolute Gasteiger partial charge is 0.302 e. The highest BCUT2D eigenvalue weighted by atomic mass is 14.9. The first-order valence-corrected chi connectivity index (χ1v) is 3.02. The van der Waals surface area contributed by atoms with E-state index in [0.717, 1.165) is 6.42 Å². The Balaban J connectivity index is 3.17. The second kappa shape index (κ2) is 5.33. The third kappa shape index (κ3) is 5.05. The molecule has 0 amide bonds. The molecule has 0 saturated carbocycles. The van der Waals surface area contributed by atoms with Crippen molar-refractivity contribution in [1.29, 1.82) is 5.26 Å². The van der Waals surface area contributed by atoms with Crippen molar-refractivity contribution in [3.8, 4) is 6.07 Å². The summed E-state index contributed by atoms with van der Waals surface area (Å²) in [6, 6.07) is 2.39. The van der Waals surface area contributed by atoms with Crippen molar-refractivity contribution < 1.29 is 0 Å². The molecular weight excluding hydrogens is 112 g/mol. The van der Waals surface area contributed by atoms with Gasteiger partial charge in [-0.15, -0.1) is 6.58 Å². The normalized spacial score (nSPS) is 12.0. The first-order valence-electron chi connectivity index (χ1n) is 3.02. The van der Waals surface area contributed by atoms with Gasteiger partial charge in [0, 0.05) is 6.04 Å². The fourth-order valence-electron chi connectivity index (χ4n) is 0.553. The van der Waals surface area contributed by atoms with Gasteiger partial charge in [0.25, 0.3) is 0 Å². The van der Waals surface area contributed by atoms with E-state index in [9.17, 15) is 0 Å². The fourth-order valence-corrected chi connectivity index (χ4v) is 0.553. The van der Waals surface area contributed by atoms with Crippen LogP contribution in [0.15, 0.2) is 12.7 Å². The van der Waals surface area contributed by atoms with E-state index in [0.29, 0.717) is 12.6 Å². The van der Waals surface area contributed by atoms with Gasteiger partial charge in [0.2, 0.25) is 0 Å². The second-order valence-corrected chi connectivity index (χ2v) is 1.96. The molecule has 1 unspecified atom stereocenters. The SMILES string of the molecule is C=CCC(C)NCC#N. The van der Waals surface area contributed by atoms with Crippen molar-refractivity contribution in [2.75, 3.05) is 6.54 Å². The van der Waals surface area contributed by atoms with Gasteiger partial charge < -0.3 is 5.32 Å². The Morgan fingerprint density at radius 2 is 2.56 bits per heavy atom. The number of nitriles is 1. The van der Waals surface area contributed by atoms with Crippen molar-refractivity contribution in [3.63, 3.8) is 0 Å². The summed E-state index contributed by atoms with van der Waals surface area (Å²) < 4.78 is 0. The predicted molar refractivity (Wildman–Crippen MR) is 37.9 cm³/mol. The Morgan fingerprint density at radius 1 is 1.89 bits per heavy atom. The topological polar surface area (TPSA) is 35.8 Å². The van der Waals surface area contributed by atoms with Gasteiger partial charge in [-0.3, -0.25) is 0 Å². The molecule has 0 rings (SSSR count). The molecule has 0 saturated heterocycles. The third-order valence-corrected chi connectivity index (χ3v) is 1.05. The van der Waals surface area contributed by atoms with E-state index >= 15 is 0 Å². The molecule has 1 N–H and O–H groups in total. The molecule has 0 radical (unpaired) electrons. The first kappa shape index (κ1) is 8.19. The van der Waals surface area contributed by atoms with Gasteiger partial charge in [0.1, 0.15) is 0 Å². The third-order valence-electron chi connectivity index (χ3n) is 1.05. The number of hydrogen-bond donors (Lipinski definition) is 1. The highest BCUT2D eigenvalue weighted by molar-refractivity contribution is 4.79. The minimum Gasteiger partial charge on any atom is -0.302 e. The van der Waals surface area contributed by atoms with Crippen LogP contribution in [-0.4, -0.2) is 12.6 Å². The zero-order valence-electron chi connectivity index (χ0n) is 5.72. The van der Waals surface area contributed by atoms with Crippen molar-refractivity contribution >= 4 is 0 Å². The van der Waals surface area contributed by atoms with E-state index in [1.165, 1.54) is 0 Å². The quantitative estimate of drug-likeness (QED) is 0.449. The maximum absolute atomic E-state index is 8.15. The molecule has 0 heterocycles. The maximum atomic E-state index is 8.15. The molecule has 0 fully saturated rings. The van der Waals surface area contributed by atoms with Crippen LogP contribution in [0.2, 0.25) is 0 Å². The zero-order chi connectivity index (χ0) is 7.11. The van der Waals surface area contributed by atoms with E-state index in [1.807, 2.05) is 19.1 Å². The van der Waals surface area contributed by atoms with Gasteiger partial charge in [-0.25, -0.2) is 0 Å². The average Bonchev–Trinajstić information content (AvgIpc) is 1.85. The molecule has 2 heteroatoms. The lowest BCUT2D eigenvalue weighted by Crippen LogP contribution is -2.25. The Bertz CT molecular complexity index is 113. The lowest BCUT2D eigenvalue weighted by Gasteiger charge is -2.05. The highest BCUT2D eigenvalue weighted by Crippen LogP contribution is 1.88. The molecule has 1 atom stereocenters. The Kier molecular flexibility index (Phi) is 4.85. The second-order valence-electron chi connectivity index (χ2n) is 1.96. The summed E-state index contributed by atoms with van der Waals surface area (Å²) in [5.74, 6) is 0. The minimum atomic E-state index is 0.377. The minimum absolute atomic E-state index is 0.377. The smallest absolute Gasteiger partial charge is 0.0843 e. The summed E-state index contributed by atoms with van der Waals surface area (Å²) in [7, 11) is 0. The summed E-state index contributed by atoms with van der Waals surface area (Å²) in [4.78, 5) is 0. The summed E-state index contributed by atoms with van der Waals surface area (Å²) in [5, 5.41) is 11.1. The standard InChI is InChI=1S/C7H12N2/c1-3-4-7(2)9-6-5-8/h3,7,9H,1,4,6H2,2H3. The van der Waals surface area contributed by atoms with Crippen molar-refractivity contribution in [3.05, 3.63) is 12.7 Å². The number of nitrogens with zero attached hydrogens (tertiary/aromatic N) is 1. The molecule has 0 aromatic rings. The van der Waals surface area contributed by atoms with Crippen LogP contribution in [0.25, 0.3) is 0 Å². The molecular formula is C7H12N2. The molecule has 0 aliphatic heterocycles. The Labute approximate surface area is 56.2 Å². The van der Waals surface area contributed by atoms with Gasteiger partial charge >= 0.3 is 0 Å². The fraction of sp³-hybridized carbons (Fsp3) is 0.571. The summed E-state index contributed by atoms with van der Waals surface area (Å²) >= 11 is 0. The van der Waals surface area contributed by atoms with E-state index in [1.54, 1.807) is 0 Å². The number of rotatable bonds is 4. The van der Waals surface area contributed by atoms with Gasteiger partial charge in [-0.05, 0) is 13.3 Å². The number of hydrogen-bond acceptors (Lipinski definition) is 2. The average molecular weight is 124 g/mol. The van der Waals surface area contributed by atoms with Crippen LogP contribution in [0, 0.1) is 11.3 Å². The molecule has 50 valence electrons. The van der Waals surface area contributed by atoms with Crippen molar-refractivity contribution in [2.24, 2.45) is 0 Å². The lowest BCUT2D eigenvalue weighted by molar-refractivity contribution is 0.594. The molecule has 0 aliphatic rings. The molecule has 2 nitrogen and oxygen atoms in total. The van der Waals surface area contributed by atoms with Gasteiger partial charge in [0.15, 0.2) is 0 Å².